The molecule has 5 nitrogen and oxygen atoms in total. The van der Waals surface area contributed by atoms with Crippen LogP contribution in [0.25, 0.3) is 22.6 Å². The third kappa shape index (κ3) is 2.72. The van der Waals surface area contributed by atoms with E-state index in [0.29, 0.717) is 22.6 Å². The lowest BCUT2D eigenvalue weighted by molar-refractivity contribution is -0.136. The molecule has 1 heterocycles. The van der Waals surface area contributed by atoms with Gasteiger partial charge in [-0.05, 0) is 35.9 Å². The van der Waals surface area contributed by atoms with E-state index in [0.717, 1.165) is 11.3 Å². The Balaban J connectivity index is 2.02. The molecule has 106 valence electrons. The van der Waals surface area contributed by atoms with Crippen molar-refractivity contribution < 1.29 is 14.3 Å². The molecule has 1 aromatic heterocycles. The van der Waals surface area contributed by atoms with Gasteiger partial charge in [-0.3, -0.25) is 4.79 Å². The Bertz CT molecular complexity index is 808. The van der Waals surface area contributed by atoms with Crippen LogP contribution in [0.5, 0.6) is 0 Å². The molecule has 0 spiro atoms. The van der Waals surface area contributed by atoms with Gasteiger partial charge >= 0.3 is 5.97 Å². The largest absolute Gasteiger partial charge is 0.481 e. The quantitative estimate of drug-likeness (QED) is 0.768. The van der Waals surface area contributed by atoms with Crippen molar-refractivity contribution in [2.75, 3.05) is 12.4 Å². The van der Waals surface area contributed by atoms with E-state index in [1.807, 2.05) is 31.3 Å². The Morgan fingerprint density at radius 1 is 1.29 bits per heavy atom. The fourth-order valence-corrected chi connectivity index (χ4v) is 2.19. The van der Waals surface area contributed by atoms with Crippen LogP contribution in [-0.4, -0.2) is 23.1 Å². The molecule has 0 aliphatic heterocycles. The van der Waals surface area contributed by atoms with Gasteiger partial charge in [0, 0.05) is 18.3 Å². The maximum absolute atomic E-state index is 10.8. The van der Waals surface area contributed by atoms with Crippen molar-refractivity contribution >= 4 is 22.8 Å². The third-order valence-corrected chi connectivity index (χ3v) is 3.21. The van der Waals surface area contributed by atoms with Gasteiger partial charge in [-0.1, -0.05) is 12.1 Å². The molecular weight excluding hydrogens is 268 g/mol. The fraction of sp³-hybridized carbons (Fsp3) is 0.125. The van der Waals surface area contributed by atoms with E-state index in [-0.39, 0.29) is 6.42 Å². The first-order valence-corrected chi connectivity index (χ1v) is 6.55. The van der Waals surface area contributed by atoms with Crippen molar-refractivity contribution in [3.05, 3.63) is 48.0 Å². The average molecular weight is 282 g/mol. The highest BCUT2D eigenvalue weighted by molar-refractivity contribution is 5.79. The maximum atomic E-state index is 10.8. The summed E-state index contributed by atoms with van der Waals surface area (Å²) in [5, 5.41) is 11.9. The summed E-state index contributed by atoms with van der Waals surface area (Å²) < 4.78 is 5.73. The zero-order valence-corrected chi connectivity index (χ0v) is 11.5. The molecule has 5 heteroatoms. The zero-order chi connectivity index (χ0) is 14.8. The van der Waals surface area contributed by atoms with Crippen molar-refractivity contribution in [2.24, 2.45) is 0 Å². The summed E-state index contributed by atoms with van der Waals surface area (Å²) in [6.07, 6.45) is -0.0205. The molecule has 2 N–H and O–H groups in total. The summed E-state index contributed by atoms with van der Waals surface area (Å²) in [5.41, 5.74) is 3.87. The van der Waals surface area contributed by atoms with Crippen LogP contribution >= 0.6 is 0 Å². The summed E-state index contributed by atoms with van der Waals surface area (Å²) in [6.45, 7) is 0. The highest BCUT2D eigenvalue weighted by atomic mass is 16.4. The van der Waals surface area contributed by atoms with Crippen molar-refractivity contribution in [3.63, 3.8) is 0 Å². The van der Waals surface area contributed by atoms with Gasteiger partial charge in [-0.2, -0.15) is 0 Å². The summed E-state index contributed by atoms with van der Waals surface area (Å²) in [7, 11) is 1.85. The summed E-state index contributed by atoms with van der Waals surface area (Å²) in [6, 6.07) is 13.0. The van der Waals surface area contributed by atoms with Crippen LogP contribution in [0.15, 0.2) is 46.9 Å². The number of carbonyl (C=O) groups is 1. The number of anilines is 1. The van der Waals surface area contributed by atoms with Crippen LogP contribution in [0.2, 0.25) is 0 Å². The molecule has 0 unspecified atom stereocenters. The second-order valence-corrected chi connectivity index (χ2v) is 4.72. The Labute approximate surface area is 121 Å². The molecule has 21 heavy (non-hydrogen) atoms. The summed E-state index contributed by atoms with van der Waals surface area (Å²) in [5.74, 6) is -0.339. The highest BCUT2D eigenvalue weighted by Gasteiger charge is 2.10. The van der Waals surface area contributed by atoms with Gasteiger partial charge in [0.25, 0.3) is 0 Å². The lowest BCUT2D eigenvalue weighted by atomic mass is 10.1. The van der Waals surface area contributed by atoms with Gasteiger partial charge in [-0.25, -0.2) is 4.98 Å². The number of aromatic nitrogens is 1. The molecule has 0 radical (unpaired) electrons. The number of hydrogen-bond acceptors (Lipinski definition) is 4. The van der Waals surface area contributed by atoms with Crippen LogP contribution in [0.1, 0.15) is 5.56 Å². The number of nitrogens with zero attached hydrogens (tertiary/aromatic N) is 1. The molecule has 0 atom stereocenters. The molecule has 3 aromatic rings. The van der Waals surface area contributed by atoms with E-state index < -0.39 is 5.97 Å². The number of oxazole rings is 1. The number of aliphatic carboxylic acids is 1. The van der Waals surface area contributed by atoms with Crippen LogP contribution in [0.3, 0.4) is 0 Å². The van der Waals surface area contributed by atoms with E-state index in [1.54, 1.807) is 18.2 Å². The molecular formula is C16H14N2O3. The van der Waals surface area contributed by atoms with E-state index in [1.165, 1.54) is 0 Å². The topological polar surface area (TPSA) is 75.4 Å². The van der Waals surface area contributed by atoms with Crippen LogP contribution in [-0.2, 0) is 11.2 Å². The van der Waals surface area contributed by atoms with Crippen LogP contribution in [0.4, 0.5) is 5.69 Å². The van der Waals surface area contributed by atoms with Crippen LogP contribution in [0, 0.1) is 0 Å². The van der Waals surface area contributed by atoms with Crippen LogP contribution < -0.4 is 5.32 Å². The number of fused-ring (bicyclic) bond motifs is 1. The average Bonchev–Trinajstić information content (AvgIpc) is 2.90. The minimum atomic E-state index is -0.861. The lowest BCUT2D eigenvalue weighted by Gasteiger charge is -2.00. The first kappa shape index (κ1) is 13.2. The molecule has 0 aliphatic carbocycles. The SMILES string of the molecule is CNc1cccc(-c2nc3cc(CC(=O)O)ccc3o2)c1. The lowest BCUT2D eigenvalue weighted by Crippen LogP contribution is -1.99. The van der Waals surface area contributed by atoms with Crippen molar-refractivity contribution in [2.45, 2.75) is 6.42 Å². The number of benzene rings is 2. The molecule has 0 amide bonds. The summed E-state index contributed by atoms with van der Waals surface area (Å²) >= 11 is 0. The molecule has 0 fully saturated rings. The second kappa shape index (κ2) is 5.28. The minimum absolute atomic E-state index is 0.0205. The number of hydrogen-bond donors (Lipinski definition) is 2. The van der Waals surface area contributed by atoms with Crippen molar-refractivity contribution in [1.29, 1.82) is 0 Å². The molecule has 0 bridgehead atoms. The highest BCUT2D eigenvalue weighted by Crippen LogP contribution is 2.26. The van der Waals surface area contributed by atoms with Gasteiger partial charge in [0.2, 0.25) is 5.89 Å². The van der Waals surface area contributed by atoms with E-state index in [2.05, 4.69) is 10.3 Å². The maximum Gasteiger partial charge on any atom is 0.307 e. The standard InChI is InChI=1S/C16H14N2O3/c1-17-12-4-2-3-11(9-12)16-18-13-7-10(8-15(19)20)5-6-14(13)21-16/h2-7,9,17H,8H2,1H3,(H,19,20). The normalized spacial score (nSPS) is 10.7. The van der Waals surface area contributed by atoms with Gasteiger partial charge in [0.1, 0.15) is 5.52 Å². The Hall–Kier alpha value is -2.82. The first-order chi connectivity index (χ1) is 10.2. The molecule has 2 aromatic carbocycles. The predicted octanol–water partition coefficient (Wildman–Crippen LogP) is 3.16. The monoisotopic (exact) mass is 282 g/mol. The number of nitrogens with one attached hydrogen (secondary N) is 1. The Kier molecular flexibility index (Phi) is 3.31. The number of rotatable bonds is 4. The number of carboxylic acids is 1. The molecule has 0 saturated carbocycles. The predicted molar refractivity (Wildman–Crippen MR) is 80.3 cm³/mol. The first-order valence-electron chi connectivity index (χ1n) is 6.55. The molecule has 3 rings (SSSR count). The van der Waals surface area contributed by atoms with Gasteiger partial charge < -0.3 is 14.8 Å². The summed E-state index contributed by atoms with van der Waals surface area (Å²) in [4.78, 5) is 15.2. The van der Waals surface area contributed by atoms with E-state index in [4.69, 9.17) is 9.52 Å². The Morgan fingerprint density at radius 2 is 2.14 bits per heavy atom. The van der Waals surface area contributed by atoms with E-state index >= 15 is 0 Å². The molecule has 0 saturated heterocycles. The fourth-order valence-electron chi connectivity index (χ4n) is 2.19. The molecule has 0 aliphatic rings. The number of carboxylic acid groups (broad SMARTS) is 1. The van der Waals surface area contributed by atoms with Gasteiger partial charge in [-0.15, -0.1) is 0 Å². The third-order valence-electron chi connectivity index (χ3n) is 3.21. The van der Waals surface area contributed by atoms with Gasteiger partial charge in [0.05, 0.1) is 6.42 Å². The van der Waals surface area contributed by atoms with E-state index in [9.17, 15) is 4.79 Å². The second-order valence-electron chi connectivity index (χ2n) is 4.72. The van der Waals surface area contributed by atoms with Crippen molar-refractivity contribution in [1.82, 2.24) is 4.98 Å². The minimum Gasteiger partial charge on any atom is -0.481 e. The van der Waals surface area contributed by atoms with Crippen molar-refractivity contribution in [3.8, 4) is 11.5 Å². The zero-order valence-electron chi connectivity index (χ0n) is 11.5. The Morgan fingerprint density at radius 3 is 2.90 bits per heavy atom. The smallest absolute Gasteiger partial charge is 0.307 e. The van der Waals surface area contributed by atoms with Gasteiger partial charge in [0.15, 0.2) is 5.58 Å².